The van der Waals surface area contributed by atoms with Crippen molar-refractivity contribution in [2.24, 2.45) is 0 Å². The lowest BCUT2D eigenvalue weighted by Crippen LogP contribution is -2.18. The monoisotopic (exact) mass is 458 g/mol. The van der Waals surface area contributed by atoms with Crippen LogP contribution in [0.15, 0.2) is 62.6 Å². The zero-order valence-electron chi connectivity index (χ0n) is 15.1. The summed E-state index contributed by atoms with van der Waals surface area (Å²) in [6, 6.07) is 15.6. The molecule has 0 unspecified atom stereocenters. The first-order chi connectivity index (χ1) is 13.7. The van der Waals surface area contributed by atoms with Gasteiger partial charge in [-0.25, -0.2) is 0 Å². The minimum atomic E-state index is -0.110. The van der Waals surface area contributed by atoms with E-state index in [0.29, 0.717) is 11.1 Å². The van der Waals surface area contributed by atoms with Gasteiger partial charge in [0.15, 0.2) is 0 Å². The van der Waals surface area contributed by atoms with Gasteiger partial charge in [0, 0.05) is 34.5 Å². The number of anilines is 2. The summed E-state index contributed by atoms with van der Waals surface area (Å²) in [5, 5.41) is 11.3. The zero-order chi connectivity index (χ0) is 19.3. The van der Waals surface area contributed by atoms with Crippen LogP contribution in [0, 0.1) is 0 Å². The standard InChI is InChI=1S/C20H19BrN4O2S/c21-15-5-3-4-14(12-15)19-23-24-20(27-19)28-13-18(26)22-16-6-8-17(9-7-16)25-10-1-2-11-25/h3-9,12H,1-2,10-11,13H2,(H,22,26). The normalized spacial score (nSPS) is 13.7. The van der Waals surface area contributed by atoms with Gasteiger partial charge in [-0.1, -0.05) is 33.8 Å². The lowest BCUT2D eigenvalue weighted by molar-refractivity contribution is -0.113. The lowest BCUT2D eigenvalue weighted by Gasteiger charge is -2.17. The summed E-state index contributed by atoms with van der Waals surface area (Å²) < 4.78 is 6.57. The number of hydrogen-bond acceptors (Lipinski definition) is 6. The Morgan fingerprint density at radius 1 is 1.14 bits per heavy atom. The van der Waals surface area contributed by atoms with Crippen LogP contribution in [0.3, 0.4) is 0 Å². The smallest absolute Gasteiger partial charge is 0.277 e. The number of hydrogen-bond donors (Lipinski definition) is 1. The summed E-state index contributed by atoms with van der Waals surface area (Å²) in [6.45, 7) is 2.21. The number of thioether (sulfide) groups is 1. The highest BCUT2D eigenvalue weighted by atomic mass is 79.9. The molecule has 0 saturated carbocycles. The maximum atomic E-state index is 12.2. The van der Waals surface area contributed by atoms with Crippen LogP contribution in [-0.2, 0) is 4.79 Å². The highest BCUT2D eigenvalue weighted by Gasteiger charge is 2.13. The molecule has 0 radical (unpaired) electrons. The van der Waals surface area contributed by atoms with Gasteiger partial charge in [0.25, 0.3) is 5.22 Å². The number of benzene rings is 2. The fourth-order valence-corrected chi connectivity index (χ4v) is 4.02. The zero-order valence-corrected chi connectivity index (χ0v) is 17.5. The van der Waals surface area contributed by atoms with Gasteiger partial charge in [0.1, 0.15) is 0 Å². The maximum absolute atomic E-state index is 12.2. The molecule has 1 amide bonds. The molecule has 144 valence electrons. The first-order valence-corrected chi connectivity index (χ1v) is 10.8. The van der Waals surface area contributed by atoms with Crippen LogP contribution in [0.4, 0.5) is 11.4 Å². The van der Waals surface area contributed by atoms with Crippen molar-refractivity contribution in [2.75, 3.05) is 29.1 Å². The largest absolute Gasteiger partial charge is 0.411 e. The molecule has 0 spiro atoms. The van der Waals surface area contributed by atoms with E-state index < -0.39 is 0 Å². The van der Waals surface area contributed by atoms with Crippen molar-refractivity contribution in [3.05, 3.63) is 53.0 Å². The van der Waals surface area contributed by atoms with Gasteiger partial charge in [-0.2, -0.15) is 0 Å². The molecule has 1 fully saturated rings. The molecule has 2 heterocycles. The average molecular weight is 459 g/mol. The summed E-state index contributed by atoms with van der Waals surface area (Å²) in [5.41, 5.74) is 2.82. The van der Waals surface area contributed by atoms with Crippen molar-refractivity contribution in [3.8, 4) is 11.5 Å². The van der Waals surface area contributed by atoms with Gasteiger partial charge >= 0.3 is 0 Å². The molecule has 8 heteroatoms. The maximum Gasteiger partial charge on any atom is 0.277 e. The molecule has 28 heavy (non-hydrogen) atoms. The number of halogens is 1. The first-order valence-electron chi connectivity index (χ1n) is 9.04. The highest BCUT2D eigenvalue weighted by Crippen LogP contribution is 2.26. The third-order valence-corrected chi connectivity index (χ3v) is 5.74. The molecule has 1 aromatic heterocycles. The van der Waals surface area contributed by atoms with Crippen LogP contribution in [0.1, 0.15) is 12.8 Å². The number of carbonyl (C=O) groups excluding carboxylic acids is 1. The molecule has 2 aromatic carbocycles. The second-order valence-electron chi connectivity index (χ2n) is 6.46. The third-order valence-electron chi connectivity index (χ3n) is 4.43. The number of amides is 1. The Hall–Kier alpha value is -2.32. The van der Waals surface area contributed by atoms with E-state index in [-0.39, 0.29) is 11.7 Å². The minimum absolute atomic E-state index is 0.110. The second-order valence-corrected chi connectivity index (χ2v) is 8.30. The van der Waals surface area contributed by atoms with E-state index in [4.69, 9.17) is 4.42 Å². The number of nitrogens with one attached hydrogen (secondary N) is 1. The van der Waals surface area contributed by atoms with Gasteiger partial charge in [-0.3, -0.25) is 4.79 Å². The topological polar surface area (TPSA) is 71.3 Å². The van der Waals surface area contributed by atoms with E-state index in [1.165, 1.54) is 30.3 Å². The van der Waals surface area contributed by atoms with Crippen molar-refractivity contribution >= 4 is 45.0 Å². The molecule has 0 aliphatic carbocycles. The molecule has 1 aliphatic rings. The molecule has 6 nitrogen and oxygen atoms in total. The fourth-order valence-electron chi connectivity index (χ4n) is 3.06. The SMILES string of the molecule is O=C(CSc1nnc(-c2cccc(Br)c2)o1)Nc1ccc(N2CCCC2)cc1. The van der Waals surface area contributed by atoms with Crippen LogP contribution in [0.2, 0.25) is 0 Å². The second kappa shape index (κ2) is 8.79. The molecule has 0 bridgehead atoms. The van der Waals surface area contributed by atoms with Crippen molar-refractivity contribution < 1.29 is 9.21 Å². The number of nitrogens with zero attached hydrogens (tertiary/aromatic N) is 3. The van der Waals surface area contributed by atoms with E-state index in [1.54, 1.807) is 0 Å². The summed E-state index contributed by atoms with van der Waals surface area (Å²) in [7, 11) is 0. The van der Waals surface area contributed by atoms with Crippen LogP contribution >= 0.6 is 27.7 Å². The molecular weight excluding hydrogens is 440 g/mol. The Kier molecular flexibility index (Phi) is 5.97. The number of aromatic nitrogens is 2. The molecule has 3 aromatic rings. The predicted molar refractivity (Wildman–Crippen MR) is 115 cm³/mol. The summed E-state index contributed by atoms with van der Waals surface area (Å²) in [4.78, 5) is 14.6. The Morgan fingerprint density at radius 2 is 1.93 bits per heavy atom. The number of rotatable bonds is 6. The van der Waals surface area contributed by atoms with Crippen LogP contribution in [-0.4, -0.2) is 34.9 Å². The molecule has 4 rings (SSSR count). The Balaban J connectivity index is 1.30. The van der Waals surface area contributed by atoms with Gasteiger partial charge < -0.3 is 14.6 Å². The minimum Gasteiger partial charge on any atom is -0.411 e. The van der Waals surface area contributed by atoms with E-state index in [9.17, 15) is 4.79 Å². The van der Waals surface area contributed by atoms with Crippen LogP contribution in [0.25, 0.3) is 11.5 Å². The van der Waals surface area contributed by atoms with Crippen molar-refractivity contribution in [2.45, 2.75) is 18.1 Å². The van der Waals surface area contributed by atoms with Gasteiger partial charge in [-0.15, -0.1) is 10.2 Å². The Labute approximate surface area is 175 Å². The van der Waals surface area contributed by atoms with E-state index in [2.05, 4.69) is 48.5 Å². The highest BCUT2D eigenvalue weighted by molar-refractivity contribution is 9.10. The summed E-state index contributed by atoms with van der Waals surface area (Å²) in [6.07, 6.45) is 2.49. The fraction of sp³-hybridized carbons (Fsp3) is 0.250. The summed E-state index contributed by atoms with van der Waals surface area (Å²) >= 11 is 4.64. The molecule has 1 saturated heterocycles. The Morgan fingerprint density at radius 3 is 2.68 bits per heavy atom. The van der Waals surface area contributed by atoms with Crippen LogP contribution < -0.4 is 10.2 Å². The van der Waals surface area contributed by atoms with E-state index in [1.807, 2.05) is 36.4 Å². The van der Waals surface area contributed by atoms with Crippen LogP contribution in [0.5, 0.6) is 0 Å². The Bertz CT molecular complexity index is 955. The predicted octanol–water partition coefficient (Wildman–Crippen LogP) is 4.83. The molecule has 0 atom stereocenters. The summed E-state index contributed by atoms with van der Waals surface area (Å²) in [5.74, 6) is 0.524. The van der Waals surface area contributed by atoms with Gasteiger partial charge in [0.2, 0.25) is 11.8 Å². The quantitative estimate of drug-likeness (QED) is 0.533. The average Bonchev–Trinajstić information content (AvgIpc) is 3.39. The number of carbonyl (C=O) groups is 1. The van der Waals surface area contributed by atoms with E-state index >= 15 is 0 Å². The molecular formula is C20H19BrN4O2S. The molecule has 1 N–H and O–H groups in total. The third kappa shape index (κ3) is 4.74. The van der Waals surface area contributed by atoms with Crippen molar-refractivity contribution in [1.29, 1.82) is 0 Å². The molecule has 1 aliphatic heterocycles. The van der Waals surface area contributed by atoms with Gasteiger partial charge in [0.05, 0.1) is 5.75 Å². The van der Waals surface area contributed by atoms with Gasteiger partial charge in [-0.05, 0) is 55.3 Å². The van der Waals surface area contributed by atoms with E-state index in [0.717, 1.165) is 28.8 Å². The van der Waals surface area contributed by atoms with Crippen molar-refractivity contribution in [3.63, 3.8) is 0 Å². The first kappa shape index (κ1) is 19.0. The lowest BCUT2D eigenvalue weighted by atomic mass is 10.2. The van der Waals surface area contributed by atoms with Crippen molar-refractivity contribution in [1.82, 2.24) is 10.2 Å².